The summed E-state index contributed by atoms with van der Waals surface area (Å²) in [7, 11) is 0. The molecule has 0 amide bonds. The summed E-state index contributed by atoms with van der Waals surface area (Å²) in [5, 5.41) is 7.36. The normalized spacial score (nSPS) is 14.7. The van der Waals surface area contributed by atoms with E-state index in [0.717, 1.165) is 21.4 Å². The molecule has 8 nitrogen and oxygen atoms in total. The van der Waals surface area contributed by atoms with Crippen LogP contribution in [0.3, 0.4) is 0 Å². The summed E-state index contributed by atoms with van der Waals surface area (Å²) < 4.78 is 13.7. The third-order valence-corrected chi connectivity index (χ3v) is 7.15. The highest BCUT2D eigenvalue weighted by molar-refractivity contribution is 7.10. The fourth-order valence-corrected chi connectivity index (χ4v) is 5.54. The van der Waals surface area contributed by atoms with Crippen molar-refractivity contribution in [1.29, 1.82) is 0 Å². The third-order valence-electron chi connectivity index (χ3n) is 6.06. The summed E-state index contributed by atoms with van der Waals surface area (Å²) in [5.74, 6) is 0.964. The van der Waals surface area contributed by atoms with Gasteiger partial charge in [-0.2, -0.15) is 0 Å². The molecule has 9 heteroatoms. The molecule has 7 rings (SSSR count). The molecule has 6 aromatic rings. The summed E-state index contributed by atoms with van der Waals surface area (Å²) in [6.07, 6.45) is 4.98. The maximum absolute atomic E-state index is 13.4. The van der Waals surface area contributed by atoms with Gasteiger partial charge < -0.3 is 9.15 Å². The Hall–Kier alpha value is -4.37. The van der Waals surface area contributed by atoms with Crippen LogP contribution < -0.4 is 10.4 Å². The molecule has 0 saturated heterocycles. The molecule has 0 fully saturated rings. The maximum Gasteiger partial charge on any atom is 0.344 e. The summed E-state index contributed by atoms with van der Waals surface area (Å²) in [6, 6.07) is 13.1. The number of aromatic nitrogens is 5. The Morgan fingerprint density at radius 1 is 1.06 bits per heavy atom. The molecule has 34 heavy (non-hydrogen) atoms. The maximum atomic E-state index is 13.4. The van der Waals surface area contributed by atoms with Crippen molar-refractivity contribution < 1.29 is 9.15 Å². The predicted octanol–water partition coefficient (Wildman–Crippen LogP) is 4.95. The number of fused-ring (bicyclic) bond motifs is 6. The minimum Gasteiger partial charge on any atom is -0.437 e. The average molecular weight is 465 g/mol. The lowest BCUT2D eigenvalue weighted by Crippen LogP contribution is -2.22. The number of thiophene rings is 1. The largest absolute Gasteiger partial charge is 0.437 e. The van der Waals surface area contributed by atoms with Crippen LogP contribution in [0.5, 0.6) is 11.6 Å². The number of hydrogen-bond donors (Lipinski definition) is 0. The van der Waals surface area contributed by atoms with E-state index >= 15 is 0 Å². The molecule has 0 saturated carbocycles. The second-order valence-electron chi connectivity index (χ2n) is 8.03. The molecule has 5 aromatic heterocycles. The van der Waals surface area contributed by atoms with Crippen LogP contribution >= 0.6 is 11.3 Å². The Kier molecular flexibility index (Phi) is 3.97. The van der Waals surface area contributed by atoms with Crippen molar-refractivity contribution in [2.75, 3.05) is 0 Å². The highest BCUT2D eigenvalue weighted by atomic mass is 32.1. The van der Waals surface area contributed by atoms with Crippen molar-refractivity contribution in [2.24, 2.45) is 0 Å². The van der Waals surface area contributed by atoms with Gasteiger partial charge >= 0.3 is 5.63 Å². The van der Waals surface area contributed by atoms with E-state index < -0.39 is 11.5 Å². The number of ether oxygens (including phenoxy) is 1. The standard InChI is InChI=1S/C25H15N5O3S/c1-13-8-11-34-21(13)17-18-20(15-4-2-3-5-16(15)32-25(18)31)33-24-19(17)23-28-22(29-30(23)12-27-24)14-6-9-26-10-7-14/h2-12,17H,1H3. The number of nitrogens with zero attached hydrogens (tertiary/aromatic N) is 5. The highest BCUT2D eigenvalue weighted by Gasteiger charge is 2.38. The van der Waals surface area contributed by atoms with Crippen LogP contribution in [0.2, 0.25) is 0 Å². The SMILES string of the molecule is Cc1ccsc1C1c2c(c3ccccc3oc2=O)Oc2ncn3nc(-c4ccncc4)nc3c21. The van der Waals surface area contributed by atoms with Gasteiger partial charge in [0, 0.05) is 22.8 Å². The molecule has 1 aliphatic heterocycles. The van der Waals surface area contributed by atoms with E-state index in [1.54, 1.807) is 40.6 Å². The smallest absolute Gasteiger partial charge is 0.344 e. The van der Waals surface area contributed by atoms with Crippen LogP contribution in [0.15, 0.2) is 75.8 Å². The van der Waals surface area contributed by atoms with Crippen molar-refractivity contribution in [1.82, 2.24) is 24.6 Å². The van der Waals surface area contributed by atoms with Gasteiger partial charge in [-0.1, -0.05) is 12.1 Å². The molecule has 1 unspecified atom stereocenters. The number of pyridine rings is 1. The van der Waals surface area contributed by atoms with Gasteiger partial charge in [-0.05, 0) is 48.2 Å². The van der Waals surface area contributed by atoms with Gasteiger partial charge in [0.25, 0.3) is 0 Å². The number of aryl methyl sites for hydroxylation is 1. The second kappa shape index (κ2) is 7.06. The van der Waals surface area contributed by atoms with Gasteiger partial charge in [0.05, 0.1) is 22.4 Å². The summed E-state index contributed by atoms with van der Waals surface area (Å²) >= 11 is 1.58. The zero-order valence-electron chi connectivity index (χ0n) is 17.8. The number of benzene rings is 1. The van der Waals surface area contributed by atoms with Crippen LogP contribution in [0.1, 0.15) is 27.5 Å². The first-order chi connectivity index (χ1) is 16.7. The molecule has 0 spiro atoms. The minimum atomic E-state index is -0.453. The topological polar surface area (TPSA) is 95.4 Å². The third kappa shape index (κ3) is 2.67. The van der Waals surface area contributed by atoms with E-state index in [-0.39, 0.29) is 0 Å². The Balaban J connectivity index is 1.57. The Morgan fingerprint density at radius 3 is 2.74 bits per heavy atom. The Bertz CT molecular complexity index is 1790. The van der Waals surface area contributed by atoms with Gasteiger partial charge in [-0.25, -0.2) is 19.3 Å². The first-order valence-corrected chi connectivity index (χ1v) is 11.5. The number of rotatable bonds is 2. The lowest BCUT2D eigenvalue weighted by atomic mass is 9.87. The van der Waals surface area contributed by atoms with Gasteiger partial charge in [0.1, 0.15) is 11.9 Å². The van der Waals surface area contributed by atoms with E-state index in [2.05, 4.69) is 15.1 Å². The first-order valence-electron chi connectivity index (χ1n) is 10.6. The van der Waals surface area contributed by atoms with Gasteiger partial charge in [-0.3, -0.25) is 4.98 Å². The molecule has 0 aliphatic carbocycles. The quantitative estimate of drug-likeness (QED) is 0.333. The molecule has 6 heterocycles. The Labute approximate surface area is 196 Å². The predicted molar refractivity (Wildman–Crippen MR) is 127 cm³/mol. The van der Waals surface area contributed by atoms with E-state index in [9.17, 15) is 4.79 Å². The van der Waals surface area contributed by atoms with Crippen LogP contribution in [-0.4, -0.2) is 24.6 Å². The van der Waals surface area contributed by atoms with Crippen LogP contribution in [-0.2, 0) is 0 Å². The average Bonchev–Trinajstić information content (AvgIpc) is 3.49. The summed E-state index contributed by atoms with van der Waals surface area (Å²) in [4.78, 5) is 27.8. The number of hydrogen-bond acceptors (Lipinski definition) is 8. The first kappa shape index (κ1) is 19.1. The molecular weight excluding hydrogens is 450 g/mol. The second-order valence-corrected chi connectivity index (χ2v) is 8.98. The van der Waals surface area contributed by atoms with Crippen molar-refractivity contribution in [3.8, 4) is 23.0 Å². The molecular formula is C25H15N5O3S. The lowest BCUT2D eigenvalue weighted by molar-refractivity contribution is 0.423. The lowest BCUT2D eigenvalue weighted by Gasteiger charge is -2.26. The van der Waals surface area contributed by atoms with E-state index in [1.165, 1.54) is 0 Å². The van der Waals surface area contributed by atoms with Crippen LogP contribution in [0.4, 0.5) is 0 Å². The molecule has 1 aliphatic rings. The van der Waals surface area contributed by atoms with Gasteiger partial charge in [-0.15, -0.1) is 16.4 Å². The molecule has 164 valence electrons. The molecule has 0 radical (unpaired) electrons. The van der Waals surface area contributed by atoms with E-state index in [0.29, 0.717) is 39.8 Å². The molecule has 1 aromatic carbocycles. The highest BCUT2D eigenvalue weighted by Crippen LogP contribution is 2.50. The minimum absolute atomic E-state index is 0.405. The number of para-hydroxylation sites is 1. The molecule has 1 atom stereocenters. The van der Waals surface area contributed by atoms with Crippen molar-refractivity contribution in [3.63, 3.8) is 0 Å². The molecule has 0 N–H and O–H groups in total. The summed E-state index contributed by atoms with van der Waals surface area (Å²) in [5.41, 5.74) is 3.65. The van der Waals surface area contributed by atoms with Crippen molar-refractivity contribution >= 4 is 28.0 Å². The fourth-order valence-electron chi connectivity index (χ4n) is 4.50. The van der Waals surface area contributed by atoms with E-state index in [1.807, 2.05) is 48.7 Å². The van der Waals surface area contributed by atoms with Gasteiger partial charge in [0.15, 0.2) is 17.2 Å². The zero-order valence-corrected chi connectivity index (χ0v) is 18.6. The van der Waals surface area contributed by atoms with Crippen molar-refractivity contribution in [2.45, 2.75) is 12.8 Å². The summed E-state index contributed by atoms with van der Waals surface area (Å²) in [6.45, 7) is 2.03. The van der Waals surface area contributed by atoms with Gasteiger partial charge in [0.2, 0.25) is 5.88 Å². The molecule has 0 bridgehead atoms. The van der Waals surface area contributed by atoms with E-state index in [4.69, 9.17) is 14.1 Å². The van der Waals surface area contributed by atoms with Crippen molar-refractivity contribution in [3.05, 3.63) is 98.6 Å². The van der Waals surface area contributed by atoms with Crippen LogP contribution in [0, 0.1) is 6.92 Å². The Morgan fingerprint density at radius 2 is 1.91 bits per heavy atom. The monoisotopic (exact) mass is 465 g/mol. The van der Waals surface area contributed by atoms with Crippen LogP contribution in [0.25, 0.3) is 28.0 Å². The zero-order chi connectivity index (χ0) is 22.8. The fraction of sp³-hybridized carbons (Fsp3) is 0.0800.